The predicted molar refractivity (Wildman–Crippen MR) is 106 cm³/mol. The summed E-state index contributed by atoms with van der Waals surface area (Å²) in [5.41, 5.74) is 1.48. The molecule has 0 bridgehead atoms. The predicted octanol–water partition coefficient (Wildman–Crippen LogP) is 3.06. The Balaban J connectivity index is 2.01. The van der Waals surface area contributed by atoms with Crippen molar-refractivity contribution in [3.63, 3.8) is 0 Å². The van der Waals surface area contributed by atoms with E-state index in [4.69, 9.17) is 9.47 Å². The Bertz CT molecular complexity index is 739. The molecule has 1 unspecified atom stereocenters. The lowest BCUT2D eigenvalue weighted by atomic mass is 10.00. The Morgan fingerprint density at radius 1 is 1.11 bits per heavy atom. The van der Waals surface area contributed by atoms with Crippen molar-refractivity contribution in [1.29, 1.82) is 0 Å². The zero-order valence-electron chi connectivity index (χ0n) is 17.4. The van der Waals surface area contributed by atoms with Gasteiger partial charge in [-0.05, 0) is 51.7 Å². The van der Waals surface area contributed by atoms with Crippen LogP contribution in [0, 0.1) is 5.92 Å². The smallest absolute Gasteiger partial charge is 0.408 e. The molecule has 0 fully saturated rings. The Morgan fingerprint density at radius 2 is 1.75 bits per heavy atom. The van der Waals surface area contributed by atoms with E-state index < -0.39 is 35.7 Å². The molecule has 1 aromatic rings. The summed E-state index contributed by atoms with van der Waals surface area (Å²) in [7, 11) is 0. The van der Waals surface area contributed by atoms with E-state index in [1.807, 2.05) is 29.2 Å². The molecule has 1 aliphatic rings. The van der Waals surface area contributed by atoms with Crippen LogP contribution in [0.2, 0.25) is 0 Å². The van der Waals surface area contributed by atoms with Gasteiger partial charge in [0.05, 0.1) is 0 Å². The first-order chi connectivity index (χ1) is 13.0. The fraction of sp³-hybridized carbons (Fsp3) is 0.571. The van der Waals surface area contributed by atoms with Crippen LogP contribution in [0.3, 0.4) is 0 Å². The highest BCUT2D eigenvalue weighted by Gasteiger charge is 2.34. The van der Waals surface area contributed by atoms with Gasteiger partial charge >= 0.3 is 12.1 Å². The quantitative estimate of drug-likeness (QED) is 0.594. The molecule has 7 heteroatoms. The number of ketones is 1. The second-order valence-electron chi connectivity index (χ2n) is 8.31. The molecule has 0 aromatic heterocycles. The minimum atomic E-state index is -1.01. The summed E-state index contributed by atoms with van der Waals surface area (Å²) in [6, 6.07) is 6.89. The highest BCUT2D eigenvalue weighted by atomic mass is 16.6. The van der Waals surface area contributed by atoms with Gasteiger partial charge in [-0.25, -0.2) is 9.59 Å². The van der Waals surface area contributed by atoms with Crippen molar-refractivity contribution in [3.05, 3.63) is 29.8 Å². The number of para-hydroxylation sites is 1. The summed E-state index contributed by atoms with van der Waals surface area (Å²) < 4.78 is 10.6. The first-order valence-corrected chi connectivity index (χ1v) is 9.58. The number of amides is 1. The molecule has 1 amide bonds. The van der Waals surface area contributed by atoms with Crippen LogP contribution in [0.4, 0.5) is 10.5 Å². The molecule has 1 heterocycles. The summed E-state index contributed by atoms with van der Waals surface area (Å²) in [5, 5.41) is 2.49. The minimum Gasteiger partial charge on any atom is -0.444 e. The normalized spacial score (nSPS) is 15.6. The molecule has 7 nitrogen and oxygen atoms in total. The van der Waals surface area contributed by atoms with Crippen LogP contribution in [-0.2, 0) is 25.5 Å². The average molecular weight is 390 g/mol. The number of Topliss-reactive ketones (excluding diaryl/α,β-unsaturated/α-hetero) is 1. The van der Waals surface area contributed by atoms with Gasteiger partial charge in [-0.2, -0.15) is 0 Å². The number of nitrogens with one attached hydrogen (secondary N) is 1. The number of nitrogens with zero attached hydrogens (tertiary/aromatic N) is 1. The third-order valence-electron chi connectivity index (χ3n) is 4.46. The molecule has 154 valence electrons. The monoisotopic (exact) mass is 390 g/mol. The molecule has 2 rings (SSSR count). The average Bonchev–Trinajstić information content (AvgIpc) is 3.01. The molecule has 1 N–H and O–H groups in total. The summed E-state index contributed by atoms with van der Waals surface area (Å²) >= 11 is 0. The number of rotatable bonds is 6. The van der Waals surface area contributed by atoms with Gasteiger partial charge < -0.3 is 19.7 Å². The van der Waals surface area contributed by atoms with Crippen LogP contribution in [-0.4, -0.2) is 42.3 Å². The number of benzene rings is 1. The maximum atomic E-state index is 12.6. The molecule has 2 atom stereocenters. The van der Waals surface area contributed by atoms with Crippen molar-refractivity contribution < 1.29 is 23.9 Å². The molecule has 1 aromatic carbocycles. The van der Waals surface area contributed by atoms with Crippen LogP contribution >= 0.6 is 0 Å². The number of carbonyl (C=O) groups is 3. The Labute approximate surface area is 166 Å². The van der Waals surface area contributed by atoms with E-state index in [-0.39, 0.29) is 5.92 Å². The molecule has 28 heavy (non-hydrogen) atoms. The molecule has 0 spiro atoms. The molecular formula is C21H30N2O5. The lowest BCUT2D eigenvalue weighted by Gasteiger charge is -2.28. The van der Waals surface area contributed by atoms with E-state index in [2.05, 4.69) is 5.32 Å². The van der Waals surface area contributed by atoms with Crippen molar-refractivity contribution in [3.8, 4) is 0 Å². The van der Waals surface area contributed by atoms with Crippen molar-refractivity contribution in [1.82, 2.24) is 5.32 Å². The number of carbonyl (C=O) groups excluding carboxylic acids is 3. The van der Waals surface area contributed by atoms with E-state index in [9.17, 15) is 14.4 Å². The van der Waals surface area contributed by atoms with E-state index in [0.717, 1.165) is 12.1 Å². The standard InChI is InChI=1S/C21H30N2O5/c1-13(2)17(22-20(26)28-21(4,5)6)18(24)19(25)27-14(3)23-12-11-15-9-7-8-10-16(15)23/h7-10,13-14,17H,11-12H2,1-6H3,(H,22,26)/t14?,17-/m0/s1. The summed E-state index contributed by atoms with van der Waals surface area (Å²) in [4.78, 5) is 39.0. The number of ether oxygens (including phenoxy) is 2. The first-order valence-electron chi connectivity index (χ1n) is 9.58. The Hall–Kier alpha value is -2.57. The maximum Gasteiger partial charge on any atom is 0.408 e. The SMILES string of the molecule is CC(C)[C@H](NC(=O)OC(C)(C)C)C(=O)C(=O)OC(C)N1CCc2ccccc21. The zero-order valence-corrected chi connectivity index (χ0v) is 17.4. The van der Waals surface area contributed by atoms with Gasteiger partial charge in [-0.1, -0.05) is 32.0 Å². The summed E-state index contributed by atoms with van der Waals surface area (Å²) in [6.07, 6.45) is -0.468. The zero-order chi connectivity index (χ0) is 21.1. The second kappa shape index (κ2) is 8.63. The number of alkyl carbamates (subject to hydrolysis) is 1. The van der Waals surface area contributed by atoms with Crippen molar-refractivity contribution in [2.24, 2.45) is 5.92 Å². The molecule has 1 aliphatic heterocycles. The van der Waals surface area contributed by atoms with Gasteiger partial charge in [-0.15, -0.1) is 0 Å². The fourth-order valence-electron chi connectivity index (χ4n) is 3.11. The Morgan fingerprint density at radius 3 is 2.36 bits per heavy atom. The van der Waals surface area contributed by atoms with Crippen molar-refractivity contribution in [2.45, 2.75) is 65.8 Å². The summed E-state index contributed by atoms with van der Waals surface area (Å²) in [6.45, 7) is 11.1. The number of esters is 1. The number of hydrogen-bond acceptors (Lipinski definition) is 6. The molecule has 0 radical (unpaired) electrons. The highest BCUT2D eigenvalue weighted by molar-refractivity contribution is 6.36. The summed E-state index contributed by atoms with van der Waals surface area (Å²) in [5.74, 6) is -2.05. The fourth-order valence-corrected chi connectivity index (χ4v) is 3.11. The van der Waals surface area contributed by atoms with Gasteiger partial charge in [0.15, 0.2) is 6.23 Å². The van der Waals surface area contributed by atoms with Crippen LogP contribution in [0.15, 0.2) is 24.3 Å². The van der Waals surface area contributed by atoms with Crippen LogP contribution in [0.5, 0.6) is 0 Å². The van der Waals surface area contributed by atoms with Gasteiger partial charge in [0.2, 0.25) is 0 Å². The van der Waals surface area contributed by atoms with Crippen LogP contribution in [0.1, 0.15) is 47.1 Å². The first kappa shape index (κ1) is 21.7. The molecule has 0 aliphatic carbocycles. The number of anilines is 1. The minimum absolute atomic E-state index is 0.296. The lowest BCUT2D eigenvalue weighted by Crippen LogP contribution is -2.50. The third kappa shape index (κ3) is 5.47. The van der Waals surface area contributed by atoms with Crippen molar-refractivity contribution >= 4 is 23.5 Å². The van der Waals surface area contributed by atoms with E-state index >= 15 is 0 Å². The number of hydrogen-bond donors (Lipinski definition) is 1. The van der Waals surface area contributed by atoms with E-state index in [1.54, 1.807) is 41.5 Å². The van der Waals surface area contributed by atoms with Gasteiger partial charge in [-0.3, -0.25) is 4.79 Å². The molecular weight excluding hydrogens is 360 g/mol. The lowest BCUT2D eigenvalue weighted by molar-refractivity contribution is -0.158. The molecule has 0 saturated carbocycles. The van der Waals surface area contributed by atoms with E-state index in [0.29, 0.717) is 6.54 Å². The third-order valence-corrected chi connectivity index (χ3v) is 4.46. The topological polar surface area (TPSA) is 84.9 Å². The van der Waals surface area contributed by atoms with Gasteiger partial charge in [0.1, 0.15) is 11.6 Å². The Kier molecular flexibility index (Phi) is 6.69. The number of fused-ring (bicyclic) bond motifs is 1. The molecule has 0 saturated heterocycles. The van der Waals surface area contributed by atoms with Gasteiger partial charge in [0.25, 0.3) is 5.78 Å². The maximum absolute atomic E-state index is 12.6. The van der Waals surface area contributed by atoms with Crippen LogP contribution in [0.25, 0.3) is 0 Å². The largest absolute Gasteiger partial charge is 0.444 e. The second-order valence-corrected chi connectivity index (χ2v) is 8.31. The highest BCUT2D eigenvalue weighted by Crippen LogP contribution is 2.29. The van der Waals surface area contributed by atoms with Crippen molar-refractivity contribution in [2.75, 3.05) is 11.4 Å². The van der Waals surface area contributed by atoms with Gasteiger partial charge in [0, 0.05) is 12.2 Å². The van der Waals surface area contributed by atoms with Crippen LogP contribution < -0.4 is 10.2 Å². The van der Waals surface area contributed by atoms with E-state index in [1.165, 1.54) is 5.56 Å².